The Kier molecular flexibility index (Phi) is 13.0. The first-order valence-corrected chi connectivity index (χ1v) is 17.6. The molecule has 1 aliphatic rings. The molecular weight excluding hydrogens is 666 g/mol. The van der Waals surface area contributed by atoms with Crippen LogP contribution in [0.2, 0.25) is 0 Å². The van der Waals surface area contributed by atoms with Crippen LogP contribution in [-0.2, 0) is 12.7 Å². The molecule has 0 atom stereocenters. The van der Waals surface area contributed by atoms with Crippen LogP contribution < -0.4 is 18.9 Å². The fraction of sp³-hybridized carbons (Fsp3) is 0.500. The molecule has 5 rings (SSSR count). The number of unbranched alkanes of at least 4 members (excludes halogenated alkanes) is 1. The van der Waals surface area contributed by atoms with E-state index in [1.165, 1.54) is 6.07 Å². The lowest BCUT2D eigenvalue weighted by Crippen LogP contribution is -2.25. The average molecular weight is 716 g/mol. The first-order valence-electron chi connectivity index (χ1n) is 17.6. The molecule has 0 spiro atoms. The van der Waals surface area contributed by atoms with Crippen molar-refractivity contribution in [1.82, 2.24) is 24.3 Å². The summed E-state index contributed by atoms with van der Waals surface area (Å²) in [4.78, 5) is 11.6. The summed E-state index contributed by atoms with van der Waals surface area (Å²) in [5.74, 6) is 1.15. The van der Waals surface area contributed by atoms with E-state index in [9.17, 15) is 17.6 Å². The summed E-state index contributed by atoms with van der Waals surface area (Å²) in [6.45, 7) is 8.34. The Hall–Kier alpha value is -4.07. The average Bonchev–Trinajstić information content (AvgIpc) is 3.72. The Balaban J connectivity index is 1.57. The number of imidazole rings is 1. The van der Waals surface area contributed by atoms with Crippen molar-refractivity contribution in [2.24, 2.45) is 0 Å². The third-order valence-corrected chi connectivity index (χ3v) is 8.67. The molecule has 51 heavy (non-hydrogen) atoms. The van der Waals surface area contributed by atoms with Gasteiger partial charge >= 0.3 is 6.18 Å². The van der Waals surface area contributed by atoms with Crippen LogP contribution in [0.1, 0.15) is 38.2 Å². The number of halogens is 4. The van der Waals surface area contributed by atoms with E-state index in [2.05, 4.69) is 21.3 Å². The molecule has 0 unspecified atom stereocenters. The Bertz CT molecular complexity index is 1740. The molecule has 4 aromatic rings. The van der Waals surface area contributed by atoms with Gasteiger partial charge in [0.1, 0.15) is 60.0 Å². The number of ether oxygens (including phenoxy) is 4. The summed E-state index contributed by atoms with van der Waals surface area (Å²) in [6, 6.07) is 11.6. The van der Waals surface area contributed by atoms with E-state index in [0.29, 0.717) is 73.1 Å². The van der Waals surface area contributed by atoms with Gasteiger partial charge in [-0.2, -0.15) is 13.2 Å². The minimum absolute atomic E-state index is 0.143. The molecule has 0 N–H and O–H groups in total. The molecule has 1 aliphatic heterocycles. The van der Waals surface area contributed by atoms with Gasteiger partial charge < -0.3 is 33.3 Å². The van der Waals surface area contributed by atoms with Crippen molar-refractivity contribution in [3.63, 3.8) is 0 Å². The Morgan fingerprint density at radius 2 is 1.41 bits per heavy atom. The standard InChI is InChI=1S/C38H49F4N5O4/c1-6-7-16-47-33-24-29(48-20-17-44(2)3)26-35(50-21-18-45(4)5)36(33)43-37(47)30-12-10-28(25-34(30)49-22-19-46-14-8-9-15-46)51-27-11-13-32(39)31(23-27)38(40,41)42/h10-13,23-26H,6-9,14-22H2,1-5H3. The van der Waals surface area contributed by atoms with Gasteiger partial charge in [-0.1, -0.05) is 13.3 Å². The van der Waals surface area contributed by atoms with Crippen LogP contribution in [0, 0.1) is 5.82 Å². The maximum Gasteiger partial charge on any atom is 0.419 e. The van der Waals surface area contributed by atoms with E-state index in [1.54, 1.807) is 18.2 Å². The number of likely N-dealkylation sites (tertiary alicyclic amines) is 1. The lowest BCUT2D eigenvalue weighted by molar-refractivity contribution is -0.140. The van der Waals surface area contributed by atoms with Gasteiger partial charge in [0, 0.05) is 44.4 Å². The van der Waals surface area contributed by atoms with Gasteiger partial charge in [-0.15, -0.1) is 0 Å². The number of aromatic nitrogens is 2. The largest absolute Gasteiger partial charge is 0.492 e. The van der Waals surface area contributed by atoms with Crippen LogP contribution in [0.5, 0.6) is 28.7 Å². The Morgan fingerprint density at radius 1 is 0.765 bits per heavy atom. The zero-order valence-corrected chi connectivity index (χ0v) is 30.2. The fourth-order valence-electron chi connectivity index (χ4n) is 5.88. The van der Waals surface area contributed by atoms with E-state index in [-0.39, 0.29) is 11.5 Å². The van der Waals surface area contributed by atoms with Crippen molar-refractivity contribution in [2.45, 2.75) is 45.3 Å². The van der Waals surface area contributed by atoms with E-state index in [4.69, 9.17) is 23.9 Å². The van der Waals surface area contributed by atoms with Crippen LogP contribution in [0.4, 0.5) is 17.6 Å². The van der Waals surface area contributed by atoms with E-state index < -0.39 is 17.6 Å². The normalized spacial score (nSPS) is 13.9. The quantitative estimate of drug-likeness (QED) is 0.0968. The molecule has 3 aromatic carbocycles. The minimum Gasteiger partial charge on any atom is -0.492 e. The van der Waals surface area contributed by atoms with Crippen LogP contribution in [0.25, 0.3) is 22.4 Å². The Labute approximate surface area is 297 Å². The lowest BCUT2D eigenvalue weighted by Gasteiger charge is -2.18. The summed E-state index contributed by atoms with van der Waals surface area (Å²) < 4.78 is 81.3. The van der Waals surface area contributed by atoms with Gasteiger partial charge in [-0.3, -0.25) is 4.90 Å². The molecule has 9 nitrogen and oxygen atoms in total. The van der Waals surface area contributed by atoms with Crippen LogP contribution in [0.3, 0.4) is 0 Å². The topological polar surface area (TPSA) is 64.5 Å². The number of rotatable bonds is 18. The molecule has 0 radical (unpaired) electrons. The summed E-state index contributed by atoms with van der Waals surface area (Å²) >= 11 is 0. The molecule has 13 heteroatoms. The molecule has 1 fully saturated rings. The smallest absolute Gasteiger partial charge is 0.419 e. The highest BCUT2D eigenvalue weighted by atomic mass is 19.4. The minimum atomic E-state index is -4.86. The van der Waals surface area contributed by atoms with Crippen molar-refractivity contribution in [3.8, 4) is 40.1 Å². The number of likely N-dealkylation sites (N-methyl/N-ethyl adjacent to an activating group) is 2. The van der Waals surface area contributed by atoms with Crippen molar-refractivity contribution in [2.75, 3.05) is 80.7 Å². The fourth-order valence-corrected chi connectivity index (χ4v) is 5.88. The number of aryl methyl sites for hydroxylation is 1. The number of alkyl halides is 3. The van der Waals surface area contributed by atoms with Crippen molar-refractivity contribution in [3.05, 3.63) is 59.9 Å². The summed E-state index contributed by atoms with van der Waals surface area (Å²) in [5.41, 5.74) is 0.849. The van der Waals surface area contributed by atoms with Crippen molar-refractivity contribution < 1.29 is 36.5 Å². The second-order valence-electron chi connectivity index (χ2n) is 13.3. The van der Waals surface area contributed by atoms with Crippen molar-refractivity contribution >= 4 is 11.0 Å². The van der Waals surface area contributed by atoms with Crippen LogP contribution in [0.15, 0.2) is 48.5 Å². The number of fused-ring (bicyclic) bond motifs is 1. The predicted molar refractivity (Wildman–Crippen MR) is 191 cm³/mol. The van der Waals surface area contributed by atoms with Crippen LogP contribution in [-0.4, -0.2) is 105 Å². The van der Waals surface area contributed by atoms with E-state index >= 15 is 0 Å². The Morgan fingerprint density at radius 3 is 2.10 bits per heavy atom. The lowest BCUT2D eigenvalue weighted by atomic mass is 10.1. The van der Waals surface area contributed by atoms with Gasteiger partial charge in [0.15, 0.2) is 5.75 Å². The molecule has 2 heterocycles. The molecular formula is C38H49F4N5O4. The van der Waals surface area contributed by atoms with E-state index in [0.717, 1.165) is 63.4 Å². The summed E-state index contributed by atoms with van der Waals surface area (Å²) in [6.07, 6.45) is -0.727. The summed E-state index contributed by atoms with van der Waals surface area (Å²) in [7, 11) is 7.96. The predicted octanol–water partition coefficient (Wildman–Crippen LogP) is 7.81. The first kappa shape index (κ1) is 38.2. The third-order valence-electron chi connectivity index (χ3n) is 8.67. The monoisotopic (exact) mass is 715 g/mol. The zero-order chi connectivity index (χ0) is 36.5. The van der Waals surface area contributed by atoms with Gasteiger partial charge in [0.25, 0.3) is 0 Å². The van der Waals surface area contributed by atoms with Crippen LogP contribution >= 0.6 is 0 Å². The zero-order valence-electron chi connectivity index (χ0n) is 30.2. The summed E-state index contributed by atoms with van der Waals surface area (Å²) in [5, 5.41) is 0. The molecule has 1 aromatic heterocycles. The molecule has 278 valence electrons. The number of hydrogen-bond acceptors (Lipinski definition) is 8. The van der Waals surface area contributed by atoms with Crippen molar-refractivity contribution in [1.29, 1.82) is 0 Å². The molecule has 1 saturated heterocycles. The van der Waals surface area contributed by atoms with Gasteiger partial charge in [-0.25, -0.2) is 9.37 Å². The third kappa shape index (κ3) is 10.3. The molecule has 0 bridgehead atoms. The van der Waals surface area contributed by atoms with E-state index in [1.807, 2.05) is 45.2 Å². The number of benzene rings is 3. The number of hydrogen-bond donors (Lipinski definition) is 0. The highest BCUT2D eigenvalue weighted by molar-refractivity contribution is 5.88. The van der Waals surface area contributed by atoms with Gasteiger partial charge in [0.05, 0.1) is 16.6 Å². The highest BCUT2D eigenvalue weighted by Gasteiger charge is 2.34. The first-order chi connectivity index (χ1) is 24.4. The maximum absolute atomic E-state index is 14.0. The SMILES string of the molecule is CCCCn1c(-c2ccc(Oc3ccc(F)c(C(F)(F)F)c3)cc2OCCN2CCCC2)nc2c(OCCN(C)C)cc(OCCN(C)C)cc21. The molecule has 0 saturated carbocycles. The number of nitrogens with zero attached hydrogens (tertiary/aromatic N) is 5. The van der Waals surface area contributed by atoms with Gasteiger partial charge in [0.2, 0.25) is 0 Å². The molecule has 0 aliphatic carbocycles. The molecule has 0 amide bonds. The van der Waals surface area contributed by atoms with Gasteiger partial charge in [-0.05, 0) is 90.9 Å². The second kappa shape index (κ2) is 17.4. The second-order valence-corrected chi connectivity index (χ2v) is 13.3. The maximum atomic E-state index is 14.0. The highest BCUT2D eigenvalue weighted by Crippen LogP contribution is 2.41.